The molecule has 0 aliphatic heterocycles. The molecule has 0 atom stereocenters. The summed E-state index contributed by atoms with van der Waals surface area (Å²) in [5.41, 5.74) is 5.99. The van der Waals surface area contributed by atoms with Crippen molar-refractivity contribution in [2.45, 2.75) is 52.0 Å². The van der Waals surface area contributed by atoms with E-state index >= 15 is 0 Å². The van der Waals surface area contributed by atoms with Crippen LogP contribution in [0, 0.1) is 5.92 Å². The third-order valence-electron chi connectivity index (χ3n) is 4.04. The number of aromatic nitrogens is 1. The Morgan fingerprint density at radius 3 is 2.71 bits per heavy atom. The third-order valence-corrected chi connectivity index (χ3v) is 4.35. The Morgan fingerprint density at radius 2 is 2.10 bits per heavy atom. The van der Waals surface area contributed by atoms with Crippen molar-refractivity contribution in [1.29, 1.82) is 0 Å². The molecule has 0 aromatic carbocycles. The lowest BCUT2D eigenvalue weighted by Gasteiger charge is -2.29. The van der Waals surface area contributed by atoms with Gasteiger partial charge in [0.2, 0.25) is 0 Å². The zero-order valence-electron chi connectivity index (χ0n) is 12.8. The molecule has 1 fully saturated rings. The predicted octanol–water partition coefficient (Wildman–Crippen LogP) is 3.75. The number of nitrogens with zero attached hydrogens (tertiary/aromatic N) is 2. The summed E-state index contributed by atoms with van der Waals surface area (Å²) in [6, 6.07) is 3.58. The van der Waals surface area contributed by atoms with Gasteiger partial charge in [-0.2, -0.15) is 0 Å². The van der Waals surface area contributed by atoms with E-state index in [1.165, 1.54) is 12.8 Å². The highest BCUT2D eigenvalue weighted by Crippen LogP contribution is 2.27. The van der Waals surface area contributed by atoms with E-state index in [9.17, 15) is 4.79 Å². The van der Waals surface area contributed by atoms with Crippen LogP contribution in [0.3, 0.4) is 0 Å². The molecule has 1 heterocycles. The fourth-order valence-corrected chi connectivity index (χ4v) is 2.99. The van der Waals surface area contributed by atoms with Crippen LogP contribution in [0.2, 0.25) is 5.02 Å². The summed E-state index contributed by atoms with van der Waals surface area (Å²) in [5, 5.41) is 0.377. The fourth-order valence-electron chi connectivity index (χ4n) is 2.81. The number of halogens is 1. The molecular formula is C16H24ClN3O. The van der Waals surface area contributed by atoms with Crippen molar-refractivity contribution in [2.24, 2.45) is 5.92 Å². The number of nitrogens with two attached hydrogens (primary N) is 1. The zero-order chi connectivity index (χ0) is 15.4. The van der Waals surface area contributed by atoms with Gasteiger partial charge in [0.05, 0.1) is 5.02 Å². The molecule has 4 nitrogen and oxygen atoms in total. The molecular weight excluding hydrogens is 286 g/mol. The maximum atomic E-state index is 12.8. The molecule has 0 radical (unpaired) electrons. The second-order valence-electron chi connectivity index (χ2n) is 6.19. The average Bonchev–Trinajstić information content (AvgIpc) is 2.95. The summed E-state index contributed by atoms with van der Waals surface area (Å²) < 4.78 is 0. The molecule has 1 aromatic rings. The van der Waals surface area contributed by atoms with Crippen LogP contribution in [-0.4, -0.2) is 28.4 Å². The molecule has 2 N–H and O–H groups in total. The Morgan fingerprint density at radius 1 is 1.43 bits per heavy atom. The Labute approximate surface area is 131 Å². The Bertz CT molecular complexity index is 498. The van der Waals surface area contributed by atoms with Crippen molar-refractivity contribution in [2.75, 3.05) is 12.3 Å². The molecule has 0 bridgehead atoms. The van der Waals surface area contributed by atoms with Gasteiger partial charge >= 0.3 is 0 Å². The van der Waals surface area contributed by atoms with Gasteiger partial charge in [-0.15, -0.1) is 0 Å². The van der Waals surface area contributed by atoms with Gasteiger partial charge in [-0.25, -0.2) is 4.98 Å². The number of hydrogen-bond donors (Lipinski definition) is 1. The lowest BCUT2D eigenvalue weighted by Crippen LogP contribution is -2.40. The van der Waals surface area contributed by atoms with E-state index in [1.807, 2.05) is 4.90 Å². The third kappa shape index (κ3) is 4.10. The highest BCUT2D eigenvalue weighted by molar-refractivity contribution is 6.33. The summed E-state index contributed by atoms with van der Waals surface area (Å²) in [6.45, 7) is 5.10. The first-order valence-electron chi connectivity index (χ1n) is 7.72. The van der Waals surface area contributed by atoms with Crippen molar-refractivity contribution in [3.05, 3.63) is 22.8 Å². The van der Waals surface area contributed by atoms with Gasteiger partial charge in [0.25, 0.3) is 5.91 Å². The average molecular weight is 310 g/mol. The van der Waals surface area contributed by atoms with Gasteiger partial charge in [0.1, 0.15) is 11.5 Å². The topological polar surface area (TPSA) is 59.2 Å². The monoisotopic (exact) mass is 309 g/mol. The number of carbonyl (C=O) groups excluding carboxylic acids is 1. The van der Waals surface area contributed by atoms with Crippen LogP contribution >= 0.6 is 11.6 Å². The first-order valence-corrected chi connectivity index (χ1v) is 8.10. The van der Waals surface area contributed by atoms with Gasteiger partial charge in [0.15, 0.2) is 0 Å². The molecule has 1 aromatic heterocycles. The smallest absolute Gasteiger partial charge is 0.274 e. The van der Waals surface area contributed by atoms with E-state index in [0.29, 0.717) is 22.8 Å². The minimum atomic E-state index is -0.0835. The van der Waals surface area contributed by atoms with Gasteiger partial charge in [-0.3, -0.25) is 4.79 Å². The molecule has 1 amide bonds. The minimum Gasteiger partial charge on any atom is -0.384 e. The number of rotatable bonds is 5. The van der Waals surface area contributed by atoms with Gasteiger partial charge in [-0.05, 0) is 37.3 Å². The molecule has 0 saturated heterocycles. The van der Waals surface area contributed by atoms with Crippen LogP contribution < -0.4 is 5.73 Å². The summed E-state index contributed by atoms with van der Waals surface area (Å²) >= 11 is 6.14. The standard InChI is InChI=1S/C16H24ClN3O/c1-11(2)9-10-20(12-5-3-4-6-12)16(21)15-13(17)7-8-14(18)19-15/h7-8,11-12H,3-6,9-10H2,1-2H3,(H2,18,19). The quantitative estimate of drug-likeness (QED) is 0.901. The number of hydrogen-bond acceptors (Lipinski definition) is 3. The van der Waals surface area contributed by atoms with E-state index in [1.54, 1.807) is 12.1 Å². The van der Waals surface area contributed by atoms with Crippen molar-refractivity contribution in [1.82, 2.24) is 9.88 Å². The van der Waals surface area contributed by atoms with Crippen LogP contribution in [0.15, 0.2) is 12.1 Å². The molecule has 1 aliphatic carbocycles. The molecule has 116 valence electrons. The predicted molar refractivity (Wildman–Crippen MR) is 86.4 cm³/mol. The molecule has 0 unspecified atom stereocenters. The largest absolute Gasteiger partial charge is 0.384 e. The molecule has 0 spiro atoms. The Balaban J connectivity index is 2.21. The molecule has 1 aliphatic rings. The summed E-state index contributed by atoms with van der Waals surface area (Å²) in [6.07, 6.45) is 5.51. The van der Waals surface area contributed by atoms with E-state index in [2.05, 4.69) is 18.8 Å². The van der Waals surface area contributed by atoms with Crippen molar-refractivity contribution in [3.63, 3.8) is 0 Å². The van der Waals surface area contributed by atoms with Gasteiger partial charge in [0, 0.05) is 12.6 Å². The molecule has 21 heavy (non-hydrogen) atoms. The highest BCUT2D eigenvalue weighted by atomic mass is 35.5. The van der Waals surface area contributed by atoms with Crippen LogP contribution in [-0.2, 0) is 0 Å². The second kappa shape index (κ2) is 7.12. The molecule has 5 heteroatoms. The summed E-state index contributed by atoms with van der Waals surface area (Å²) in [4.78, 5) is 18.9. The van der Waals surface area contributed by atoms with Crippen molar-refractivity contribution >= 4 is 23.3 Å². The molecule has 1 saturated carbocycles. The summed E-state index contributed by atoms with van der Waals surface area (Å²) in [7, 11) is 0. The van der Waals surface area contributed by atoms with Gasteiger partial charge < -0.3 is 10.6 Å². The number of amides is 1. The van der Waals surface area contributed by atoms with E-state index in [4.69, 9.17) is 17.3 Å². The minimum absolute atomic E-state index is 0.0835. The Kier molecular flexibility index (Phi) is 5.45. The zero-order valence-corrected chi connectivity index (χ0v) is 13.6. The van der Waals surface area contributed by atoms with Crippen molar-refractivity contribution in [3.8, 4) is 0 Å². The van der Waals surface area contributed by atoms with Crippen LogP contribution in [0.5, 0.6) is 0 Å². The van der Waals surface area contributed by atoms with Gasteiger partial charge in [-0.1, -0.05) is 38.3 Å². The maximum absolute atomic E-state index is 12.8. The van der Waals surface area contributed by atoms with Crippen molar-refractivity contribution < 1.29 is 4.79 Å². The Hall–Kier alpha value is -1.29. The van der Waals surface area contributed by atoms with Crippen LogP contribution in [0.4, 0.5) is 5.82 Å². The lowest BCUT2D eigenvalue weighted by atomic mass is 10.1. The normalized spacial score (nSPS) is 15.6. The maximum Gasteiger partial charge on any atom is 0.274 e. The van der Waals surface area contributed by atoms with E-state index in [-0.39, 0.29) is 11.6 Å². The number of pyridine rings is 1. The lowest BCUT2D eigenvalue weighted by molar-refractivity contribution is 0.0666. The fraction of sp³-hybridized carbons (Fsp3) is 0.625. The van der Waals surface area contributed by atoms with Crippen LogP contribution in [0.25, 0.3) is 0 Å². The van der Waals surface area contributed by atoms with E-state index in [0.717, 1.165) is 25.8 Å². The number of nitrogen functional groups attached to an aromatic ring is 1. The first kappa shape index (κ1) is 16.1. The SMILES string of the molecule is CC(C)CCN(C(=O)c1nc(N)ccc1Cl)C1CCCC1. The summed E-state index contributed by atoms with van der Waals surface area (Å²) in [5.74, 6) is 0.809. The highest BCUT2D eigenvalue weighted by Gasteiger charge is 2.29. The number of carbonyl (C=O) groups is 1. The second-order valence-corrected chi connectivity index (χ2v) is 6.59. The van der Waals surface area contributed by atoms with E-state index < -0.39 is 0 Å². The van der Waals surface area contributed by atoms with Crippen LogP contribution in [0.1, 0.15) is 56.4 Å². The first-order chi connectivity index (χ1) is 9.99. The number of anilines is 1. The molecule has 2 rings (SSSR count).